The molecule has 0 heterocycles. The second-order valence-electron chi connectivity index (χ2n) is 3.96. The molecule has 1 amide bonds. The van der Waals surface area contributed by atoms with Gasteiger partial charge in [0.15, 0.2) is 18.2 Å². The molecule has 20 heavy (non-hydrogen) atoms. The molecule has 0 aliphatic heterocycles. The fourth-order valence-electron chi connectivity index (χ4n) is 1.38. The highest BCUT2D eigenvalue weighted by Crippen LogP contribution is 2.22. The maximum atomic E-state index is 13.7. The first-order valence-electron chi connectivity index (χ1n) is 6.03. The third kappa shape index (κ3) is 4.18. The molecule has 0 saturated heterocycles. The highest BCUT2D eigenvalue weighted by molar-refractivity contribution is 5.93. The summed E-state index contributed by atoms with van der Waals surface area (Å²) in [4.78, 5) is 22.2. The summed E-state index contributed by atoms with van der Waals surface area (Å²) in [7, 11) is 0. The Morgan fingerprint density at radius 2 is 2.00 bits per heavy atom. The van der Waals surface area contributed by atoms with Gasteiger partial charge in [0, 0.05) is 0 Å². The smallest absolute Gasteiger partial charge is 0.344 e. The van der Waals surface area contributed by atoms with Crippen molar-refractivity contribution in [3.05, 3.63) is 29.3 Å². The molecule has 2 N–H and O–H groups in total. The summed E-state index contributed by atoms with van der Waals surface area (Å²) in [5.41, 5.74) is 3.95. The lowest BCUT2D eigenvalue weighted by Gasteiger charge is -2.09. The van der Waals surface area contributed by atoms with Crippen molar-refractivity contribution in [2.24, 2.45) is 5.73 Å². The average molecular weight is 287 g/mol. The lowest BCUT2D eigenvalue weighted by atomic mass is 10.2. The van der Waals surface area contributed by atoms with Crippen molar-refractivity contribution in [1.82, 2.24) is 0 Å². The first-order chi connectivity index (χ1) is 9.47. The number of amides is 1. The van der Waals surface area contributed by atoms with Crippen molar-refractivity contribution >= 4 is 11.9 Å². The molecule has 0 aromatic heterocycles. The van der Waals surface area contributed by atoms with Gasteiger partial charge in [0.05, 0.1) is 6.61 Å². The topological polar surface area (TPSA) is 78.6 Å². The summed E-state index contributed by atoms with van der Waals surface area (Å²) in [5.74, 6) is -4.70. The van der Waals surface area contributed by atoms with E-state index in [0.717, 1.165) is 18.6 Å². The van der Waals surface area contributed by atoms with Crippen LogP contribution in [0, 0.1) is 11.6 Å². The number of primary amides is 1. The lowest BCUT2D eigenvalue weighted by Crippen LogP contribution is -2.19. The molecule has 0 bridgehead atoms. The van der Waals surface area contributed by atoms with Gasteiger partial charge >= 0.3 is 5.97 Å². The molecule has 1 rings (SSSR count). The lowest BCUT2D eigenvalue weighted by molar-refractivity contribution is -0.146. The number of benzene rings is 1. The third-order valence-electron chi connectivity index (χ3n) is 2.41. The number of rotatable bonds is 7. The molecule has 1 aromatic rings. The Morgan fingerprint density at radius 3 is 2.60 bits per heavy atom. The molecule has 0 unspecified atom stereocenters. The molecule has 0 radical (unpaired) electrons. The molecule has 0 saturated carbocycles. The normalized spacial score (nSPS) is 10.2. The van der Waals surface area contributed by atoms with E-state index in [2.05, 4.69) is 0 Å². The first-order valence-corrected chi connectivity index (χ1v) is 6.03. The van der Waals surface area contributed by atoms with E-state index in [1.165, 1.54) is 0 Å². The molecule has 1 aromatic carbocycles. The monoisotopic (exact) mass is 287 g/mol. The molecule has 0 fully saturated rings. The van der Waals surface area contributed by atoms with Crippen LogP contribution < -0.4 is 10.5 Å². The highest BCUT2D eigenvalue weighted by Gasteiger charge is 2.19. The maximum Gasteiger partial charge on any atom is 0.344 e. The molecule has 0 aliphatic carbocycles. The van der Waals surface area contributed by atoms with E-state index >= 15 is 0 Å². The summed E-state index contributed by atoms with van der Waals surface area (Å²) < 4.78 is 36.6. The van der Waals surface area contributed by atoms with Crippen molar-refractivity contribution in [3.8, 4) is 5.75 Å². The number of esters is 1. The zero-order valence-corrected chi connectivity index (χ0v) is 10.9. The van der Waals surface area contributed by atoms with E-state index in [4.69, 9.17) is 15.2 Å². The molecule has 7 heteroatoms. The Labute approximate surface area is 114 Å². The standard InChI is InChI=1S/C13H15F2NO4/c1-2-3-6-19-10(17)7-20-9-5-4-8(14)11(12(9)15)13(16)18/h4-5H,2-3,6-7H2,1H3,(H2,16,18). The van der Waals surface area contributed by atoms with Crippen LogP contribution in [0.1, 0.15) is 30.1 Å². The minimum Gasteiger partial charge on any atom is -0.479 e. The van der Waals surface area contributed by atoms with Crippen LogP contribution in [0.3, 0.4) is 0 Å². The molecule has 0 spiro atoms. The Kier molecular flexibility index (Phi) is 5.89. The van der Waals surface area contributed by atoms with Gasteiger partial charge in [-0.05, 0) is 18.6 Å². The number of ether oxygens (including phenoxy) is 2. The Balaban J connectivity index is 2.67. The Morgan fingerprint density at radius 1 is 1.30 bits per heavy atom. The predicted molar refractivity (Wildman–Crippen MR) is 66.2 cm³/mol. The van der Waals surface area contributed by atoms with Gasteiger partial charge in [0.1, 0.15) is 11.4 Å². The summed E-state index contributed by atoms with van der Waals surface area (Å²) in [6, 6.07) is 1.80. The van der Waals surface area contributed by atoms with Gasteiger partial charge in [-0.15, -0.1) is 0 Å². The van der Waals surface area contributed by atoms with Crippen LogP contribution in [0.5, 0.6) is 5.75 Å². The van der Waals surface area contributed by atoms with E-state index in [9.17, 15) is 18.4 Å². The van der Waals surface area contributed by atoms with Crippen LogP contribution >= 0.6 is 0 Å². The van der Waals surface area contributed by atoms with Crippen molar-refractivity contribution in [2.45, 2.75) is 19.8 Å². The highest BCUT2D eigenvalue weighted by atomic mass is 19.1. The van der Waals surface area contributed by atoms with E-state index in [0.29, 0.717) is 6.42 Å². The number of nitrogens with two attached hydrogens (primary N) is 1. The summed E-state index contributed by atoms with van der Waals surface area (Å²) in [6.07, 6.45) is 1.57. The third-order valence-corrected chi connectivity index (χ3v) is 2.41. The fraction of sp³-hybridized carbons (Fsp3) is 0.385. The van der Waals surface area contributed by atoms with Gasteiger partial charge in [0.25, 0.3) is 5.91 Å². The van der Waals surface area contributed by atoms with Crippen LogP contribution in [0.4, 0.5) is 8.78 Å². The van der Waals surface area contributed by atoms with Gasteiger partial charge in [-0.3, -0.25) is 4.79 Å². The van der Waals surface area contributed by atoms with Crippen LogP contribution in [-0.4, -0.2) is 25.1 Å². The van der Waals surface area contributed by atoms with Crippen LogP contribution in [0.25, 0.3) is 0 Å². The predicted octanol–water partition coefficient (Wildman–Crippen LogP) is 1.79. The van der Waals surface area contributed by atoms with Crippen molar-refractivity contribution in [3.63, 3.8) is 0 Å². The minimum atomic E-state index is -1.25. The maximum absolute atomic E-state index is 13.7. The molecule has 5 nitrogen and oxygen atoms in total. The molecule has 110 valence electrons. The quantitative estimate of drug-likeness (QED) is 0.612. The minimum absolute atomic E-state index is 0.247. The van der Waals surface area contributed by atoms with E-state index < -0.39 is 41.4 Å². The summed E-state index contributed by atoms with van der Waals surface area (Å²) in [5, 5.41) is 0. The van der Waals surface area contributed by atoms with E-state index in [1.807, 2.05) is 6.92 Å². The van der Waals surface area contributed by atoms with Gasteiger partial charge in [-0.1, -0.05) is 13.3 Å². The van der Waals surface area contributed by atoms with Gasteiger partial charge in [-0.2, -0.15) is 0 Å². The zero-order valence-electron chi connectivity index (χ0n) is 10.9. The summed E-state index contributed by atoms with van der Waals surface area (Å²) >= 11 is 0. The van der Waals surface area contributed by atoms with Crippen molar-refractivity contribution < 1.29 is 27.8 Å². The van der Waals surface area contributed by atoms with Crippen molar-refractivity contribution in [1.29, 1.82) is 0 Å². The summed E-state index contributed by atoms with van der Waals surface area (Å²) in [6.45, 7) is 1.64. The molecular weight excluding hydrogens is 272 g/mol. The first kappa shape index (κ1) is 15.9. The van der Waals surface area contributed by atoms with Crippen molar-refractivity contribution in [2.75, 3.05) is 13.2 Å². The second-order valence-corrected chi connectivity index (χ2v) is 3.96. The van der Waals surface area contributed by atoms with Crippen LogP contribution in [0.15, 0.2) is 12.1 Å². The van der Waals surface area contributed by atoms with Crippen LogP contribution in [-0.2, 0) is 9.53 Å². The number of carbonyl (C=O) groups excluding carboxylic acids is 2. The number of hydrogen-bond donors (Lipinski definition) is 1. The molecule has 0 atom stereocenters. The number of carbonyl (C=O) groups is 2. The number of hydrogen-bond acceptors (Lipinski definition) is 4. The SMILES string of the molecule is CCCCOC(=O)COc1ccc(F)c(C(N)=O)c1F. The second kappa shape index (κ2) is 7.42. The van der Waals surface area contributed by atoms with Crippen LogP contribution in [0.2, 0.25) is 0 Å². The average Bonchev–Trinajstić information content (AvgIpc) is 2.37. The number of halogens is 2. The largest absolute Gasteiger partial charge is 0.479 e. The number of unbranched alkanes of at least 4 members (excludes halogenated alkanes) is 1. The van der Waals surface area contributed by atoms with E-state index in [1.54, 1.807) is 0 Å². The Hall–Kier alpha value is -2.18. The Bertz CT molecular complexity index is 505. The van der Waals surface area contributed by atoms with E-state index in [-0.39, 0.29) is 6.61 Å². The van der Waals surface area contributed by atoms with Gasteiger partial charge in [0.2, 0.25) is 0 Å². The van der Waals surface area contributed by atoms with Gasteiger partial charge < -0.3 is 15.2 Å². The zero-order chi connectivity index (χ0) is 15.1. The van der Waals surface area contributed by atoms with Gasteiger partial charge in [-0.25, -0.2) is 13.6 Å². The fourth-order valence-corrected chi connectivity index (χ4v) is 1.38. The molecular formula is C13H15F2NO4. The molecule has 0 aliphatic rings.